The van der Waals surface area contributed by atoms with Gasteiger partial charge in [-0.1, -0.05) is 158 Å². The first kappa shape index (κ1) is 31.1. The molecule has 0 N–H and O–H groups in total. The maximum Gasteiger partial charge on any atom is 0.160 e. The number of fused-ring (bicyclic) bond motifs is 7. The highest BCUT2D eigenvalue weighted by Gasteiger charge is 2.22. The van der Waals surface area contributed by atoms with E-state index >= 15 is 0 Å². The van der Waals surface area contributed by atoms with Gasteiger partial charge in [0.05, 0.1) is 22.4 Å². The largest absolute Gasteiger partial charge is 0.456 e. The van der Waals surface area contributed by atoms with E-state index in [-0.39, 0.29) is 0 Å². The SMILES string of the molecule is c1ccc(-c2ccc(-c3nc(-c4cccc(-c5nc6ccccc6c6c(-c7ccccc7)c7c(cc56)oc5ccccc57)c4)nc4ccccc34)cc2)cc1. The highest BCUT2D eigenvalue weighted by atomic mass is 16.3. The lowest BCUT2D eigenvalue weighted by molar-refractivity contribution is 0.669. The van der Waals surface area contributed by atoms with Crippen LogP contribution in [0.15, 0.2) is 192 Å². The summed E-state index contributed by atoms with van der Waals surface area (Å²) in [6.07, 6.45) is 0. The zero-order chi connectivity index (χ0) is 36.3. The number of rotatable bonds is 5. The molecule has 8 aromatic carbocycles. The van der Waals surface area contributed by atoms with Gasteiger partial charge in [-0.2, -0.15) is 0 Å². The van der Waals surface area contributed by atoms with E-state index in [0.717, 1.165) is 93.7 Å². The van der Waals surface area contributed by atoms with Gasteiger partial charge in [-0.3, -0.25) is 0 Å². The molecule has 0 aliphatic heterocycles. The van der Waals surface area contributed by atoms with E-state index in [1.807, 2.05) is 30.3 Å². The van der Waals surface area contributed by atoms with Crippen molar-refractivity contribution in [3.05, 3.63) is 188 Å². The third kappa shape index (κ3) is 5.19. The van der Waals surface area contributed by atoms with Crippen LogP contribution in [0.5, 0.6) is 0 Å². The second-order valence-electron chi connectivity index (χ2n) is 13.9. The summed E-state index contributed by atoms with van der Waals surface area (Å²) >= 11 is 0. The van der Waals surface area contributed by atoms with Crippen LogP contribution in [0.3, 0.4) is 0 Å². The molecule has 55 heavy (non-hydrogen) atoms. The van der Waals surface area contributed by atoms with Crippen LogP contribution in [0.2, 0.25) is 0 Å². The van der Waals surface area contributed by atoms with Gasteiger partial charge in [0.15, 0.2) is 5.82 Å². The van der Waals surface area contributed by atoms with Crippen molar-refractivity contribution >= 4 is 54.5 Å². The molecule has 11 aromatic rings. The maximum atomic E-state index is 6.60. The van der Waals surface area contributed by atoms with E-state index in [4.69, 9.17) is 19.4 Å². The third-order valence-corrected chi connectivity index (χ3v) is 10.7. The minimum absolute atomic E-state index is 0.664. The fraction of sp³-hybridized carbons (Fsp3) is 0. The minimum Gasteiger partial charge on any atom is -0.456 e. The van der Waals surface area contributed by atoms with Crippen molar-refractivity contribution in [2.24, 2.45) is 0 Å². The summed E-state index contributed by atoms with van der Waals surface area (Å²) in [4.78, 5) is 15.7. The molecule has 0 spiro atoms. The summed E-state index contributed by atoms with van der Waals surface area (Å²) in [5.41, 5.74) is 12.9. The highest BCUT2D eigenvalue weighted by molar-refractivity contribution is 6.27. The lowest BCUT2D eigenvalue weighted by Gasteiger charge is -2.16. The molecule has 0 unspecified atom stereocenters. The molecule has 0 aliphatic carbocycles. The Morgan fingerprint density at radius 3 is 1.65 bits per heavy atom. The van der Waals surface area contributed by atoms with Crippen LogP contribution in [-0.2, 0) is 0 Å². The number of aromatic nitrogens is 3. The number of para-hydroxylation sites is 3. The quantitative estimate of drug-likeness (QED) is 0.168. The summed E-state index contributed by atoms with van der Waals surface area (Å²) in [7, 11) is 0. The Morgan fingerprint density at radius 2 is 0.873 bits per heavy atom. The predicted molar refractivity (Wildman–Crippen MR) is 227 cm³/mol. The maximum absolute atomic E-state index is 6.60. The molecule has 0 saturated carbocycles. The van der Waals surface area contributed by atoms with E-state index < -0.39 is 0 Å². The van der Waals surface area contributed by atoms with Gasteiger partial charge in [0.25, 0.3) is 0 Å². The molecule has 3 heterocycles. The Labute approximate surface area is 317 Å². The zero-order valence-electron chi connectivity index (χ0n) is 29.6. The van der Waals surface area contributed by atoms with Crippen molar-refractivity contribution in [2.75, 3.05) is 0 Å². The highest BCUT2D eigenvalue weighted by Crippen LogP contribution is 2.46. The second kappa shape index (κ2) is 12.6. The monoisotopic (exact) mass is 701 g/mol. The molecule has 0 atom stereocenters. The number of furan rings is 1. The molecule has 0 bridgehead atoms. The lowest BCUT2D eigenvalue weighted by atomic mass is 9.89. The molecule has 0 fully saturated rings. The Bertz CT molecular complexity index is 3240. The number of pyridine rings is 1. The number of hydrogen-bond donors (Lipinski definition) is 0. The van der Waals surface area contributed by atoms with Crippen LogP contribution in [0.4, 0.5) is 0 Å². The van der Waals surface area contributed by atoms with Crippen molar-refractivity contribution < 1.29 is 4.42 Å². The van der Waals surface area contributed by atoms with Gasteiger partial charge < -0.3 is 4.42 Å². The average molecular weight is 702 g/mol. The van der Waals surface area contributed by atoms with Gasteiger partial charge in [0.1, 0.15) is 11.2 Å². The molecule has 0 amide bonds. The summed E-state index contributed by atoms with van der Waals surface area (Å²) in [5.74, 6) is 0.664. The van der Waals surface area contributed by atoms with Crippen molar-refractivity contribution in [3.8, 4) is 56.2 Å². The van der Waals surface area contributed by atoms with Gasteiger partial charge in [-0.05, 0) is 47.0 Å². The summed E-state index contributed by atoms with van der Waals surface area (Å²) in [6.45, 7) is 0. The third-order valence-electron chi connectivity index (χ3n) is 10.7. The van der Waals surface area contributed by atoms with Crippen molar-refractivity contribution in [1.82, 2.24) is 15.0 Å². The lowest BCUT2D eigenvalue weighted by Crippen LogP contribution is -1.96. The normalized spacial score (nSPS) is 11.6. The summed E-state index contributed by atoms with van der Waals surface area (Å²) in [6, 6.07) is 65.4. The van der Waals surface area contributed by atoms with Gasteiger partial charge in [0.2, 0.25) is 0 Å². The van der Waals surface area contributed by atoms with E-state index in [2.05, 4.69) is 158 Å². The summed E-state index contributed by atoms with van der Waals surface area (Å²) in [5, 5.41) is 6.50. The molecule has 0 saturated heterocycles. The summed E-state index contributed by atoms with van der Waals surface area (Å²) < 4.78 is 6.60. The van der Waals surface area contributed by atoms with E-state index in [9.17, 15) is 0 Å². The first-order valence-corrected chi connectivity index (χ1v) is 18.5. The molecular formula is C51H31N3O. The number of benzene rings is 8. The van der Waals surface area contributed by atoms with Crippen molar-refractivity contribution in [3.63, 3.8) is 0 Å². The van der Waals surface area contributed by atoms with Crippen LogP contribution in [0.25, 0.3) is 111 Å². The Morgan fingerprint density at radius 1 is 0.309 bits per heavy atom. The standard InChI is InChI=1S/C51H31N3O/c1-3-14-32(15-4-1)33-26-28-35(29-27-33)49-39-21-8-11-24-43(39)53-51(54-49)37-19-13-18-36(30-37)50-41-31-45-48(40-22-9-12-25-44(40)55-45)46(34-16-5-2-6-17-34)47(41)38-20-7-10-23-42(38)52-50/h1-31H. The Hall–Kier alpha value is -7.43. The molecular weight excluding hydrogens is 671 g/mol. The van der Waals surface area contributed by atoms with Crippen LogP contribution in [-0.4, -0.2) is 15.0 Å². The average Bonchev–Trinajstić information content (AvgIpc) is 3.64. The Balaban J connectivity index is 1.13. The van der Waals surface area contributed by atoms with E-state index in [0.29, 0.717) is 5.82 Å². The Kier molecular flexibility index (Phi) is 7.14. The molecule has 4 nitrogen and oxygen atoms in total. The zero-order valence-corrected chi connectivity index (χ0v) is 29.6. The number of hydrogen-bond acceptors (Lipinski definition) is 4. The van der Waals surface area contributed by atoms with Gasteiger partial charge in [-0.15, -0.1) is 0 Å². The molecule has 256 valence electrons. The smallest absolute Gasteiger partial charge is 0.160 e. The van der Waals surface area contributed by atoms with Gasteiger partial charge in [0, 0.05) is 54.6 Å². The number of nitrogens with zero attached hydrogens (tertiary/aromatic N) is 3. The van der Waals surface area contributed by atoms with Crippen molar-refractivity contribution in [1.29, 1.82) is 0 Å². The van der Waals surface area contributed by atoms with Gasteiger partial charge >= 0.3 is 0 Å². The van der Waals surface area contributed by atoms with E-state index in [1.54, 1.807) is 0 Å². The van der Waals surface area contributed by atoms with Gasteiger partial charge in [-0.25, -0.2) is 15.0 Å². The fourth-order valence-electron chi connectivity index (χ4n) is 8.11. The van der Waals surface area contributed by atoms with Crippen molar-refractivity contribution in [2.45, 2.75) is 0 Å². The molecule has 0 aliphatic rings. The first-order chi connectivity index (χ1) is 27.3. The second-order valence-corrected chi connectivity index (χ2v) is 13.9. The topological polar surface area (TPSA) is 51.8 Å². The van der Waals surface area contributed by atoms with Crippen LogP contribution < -0.4 is 0 Å². The molecule has 3 aromatic heterocycles. The predicted octanol–water partition coefficient (Wildman–Crippen LogP) is 13.6. The van der Waals surface area contributed by atoms with Crippen LogP contribution in [0.1, 0.15) is 0 Å². The van der Waals surface area contributed by atoms with E-state index in [1.165, 1.54) is 11.1 Å². The molecule has 11 rings (SSSR count). The minimum atomic E-state index is 0.664. The van der Waals surface area contributed by atoms with Crippen LogP contribution >= 0.6 is 0 Å². The molecule has 4 heteroatoms. The molecule has 0 radical (unpaired) electrons. The fourth-order valence-corrected chi connectivity index (χ4v) is 8.11. The van der Waals surface area contributed by atoms with Crippen LogP contribution in [0, 0.1) is 0 Å². The first-order valence-electron chi connectivity index (χ1n) is 18.5.